The van der Waals surface area contributed by atoms with Gasteiger partial charge in [-0.3, -0.25) is 10.1 Å². The van der Waals surface area contributed by atoms with Crippen LogP contribution >= 0.6 is 15.9 Å². The zero-order valence-corrected chi connectivity index (χ0v) is 11.8. The number of nitrogens with two attached hydrogens (primary N) is 1. The van der Waals surface area contributed by atoms with Gasteiger partial charge < -0.3 is 10.7 Å². The van der Waals surface area contributed by atoms with Crippen LogP contribution in [0.3, 0.4) is 0 Å². The van der Waals surface area contributed by atoms with Crippen molar-refractivity contribution in [1.82, 2.24) is 4.98 Å². The van der Waals surface area contributed by atoms with Crippen molar-refractivity contribution in [3.63, 3.8) is 0 Å². The highest BCUT2D eigenvalue weighted by atomic mass is 79.9. The number of pyridine rings is 1. The van der Waals surface area contributed by atoms with Crippen LogP contribution in [0.1, 0.15) is 0 Å². The number of hydrogen-bond donors (Lipinski definition) is 3. The number of nitrogens with zero attached hydrogens (tertiary/aromatic N) is 2. The zero-order valence-electron chi connectivity index (χ0n) is 10.2. The van der Waals surface area contributed by atoms with Gasteiger partial charge in [0.15, 0.2) is 11.6 Å². The van der Waals surface area contributed by atoms with Crippen molar-refractivity contribution in [3.8, 4) is 0 Å². The van der Waals surface area contributed by atoms with Crippen molar-refractivity contribution in [3.05, 3.63) is 50.5 Å². The molecule has 110 valence electrons. The molecule has 0 radical (unpaired) electrons. The lowest BCUT2D eigenvalue weighted by Crippen LogP contribution is -2.10. The summed E-state index contributed by atoms with van der Waals surface area (Å²) in [4.78, 5) is 13.9. The molecule has 2 rings (SSSR count). The summed E-state index contributed by atoms with van der Waals surface area (Å²) in [7, 11) is 0. The van der Waals surface area contributed by atoms with Crippen molar-refractivity contribution in [2.24, 2.45) is 5.84 Å². The Morgan fingerprint density at radius 1 is 1.19 bits per heavy atom. The number of hydrazine groups is 1. The molecule has 21 heavy (non-hydrogen) atoms. The third-order valence-electron chi connectivity index (χ3n) is 2.43. The van der Waals surface area contributed by atoms with E-state index in [1.165, 1.54) is 0 Å². The number of benzene rings is 1. The molecule has 0 fully saturated rings. The van der Waals surface area contributed by atoms with Crippen LogP contribution in [0.15, 0.2) is 28.7 Å². The van der Waals surface area contributed by atoms with Gasteiger partial charge in [0.05, 0.1) is 17.1 Å². The summed E-state index contributed by atoms with van der Waals surface area (Å²) in [6, 6.07) is 4.21. The van der Waals surface area contributed by atoms with E-state index >= 15 is 0 Å². The van der Waals surface area contributed by atoms with Crippen LogP contribution in [0.2, 0.25) is 0 Å². The molecule has 0 saturated heterocycles. The predicted molar refractivity (Wildman–Crippen MR) is 76.0 cm³/mol. The predicted octanol–water partition coefficient (Wildman–Crippen LogP) is 3.06. The van der Waals surface area contributed by atoms with E-state index in [9.17, 15) is 18.9 Å². The zero-order chi connectivity index (χ0) is 15.6. The molecular formula is C11H8BrF2N5O2. The van der Waals surface area contributed by atoms with Gasteiger partial charge >= 0.3 is 0 Å². The van der Waals surface area contributed by atoms with Gasteiger partial charge in [-0.15, -0.1) is 0 Å². The third kappa shape index (κ3) is 3.41. The Kier molecular flexibility index (Phi) is 4.29. The maximum absolute atomic E-state index is 13.7. The molecule has 0 aliphatic rings. The van der Waals surface area contributed by atoms with E-state index in [1.54, 1.807) is 0 Å². The smallest absolute Gasteiger partial charge is 0.276 e. The van der Waals surface area contributed by atoms with Gasteiger partial charge in [0, 0.05) is 4.47 Å². The van der Waals surface area contributed by atoms with E-state index in [2.05, 4.69) is 31.7 Å². The van der Waals surface area contributed by atoms with Crippen LogP contribution < -0.4 is 16.6 Å². The van der Waals surface area contributed by atoms with Gasteiger partial charge in [-0.2, -0.15) is 0 Å². The van der Waals surface area contributed by atoms with Crippen LogP contribution in [0.4, 0.5) is 31.8 Å². The second-order valence-electron chi connectivity index (χ2n) is 3.87. The van der Waals surface area contributed by atoms with Crippen LogP contribution in [-0.2, 0) is 0 Å². The molecule has 0 unspecified atom stereocenters. The first-order valence-corrected chi connectivity index (χ1v) is 6.24. The molecule has 0 amide bonds. The number of hydrogen-bond acceptors (Lipinski definition) is 6. The first kappa shape index (κ1) is 15.1. The normalized spacial score (nSPS) is 10.3. The Morgan fingerprint density at radius 2 is 1.76 bits per heavy atom. The van der Waals surface area contributed by atoms with Gasteiger partial charge in [-0.05, 0) is 12.1 Å². The standard InChI is InChI=1S/C11H8BrF2N5O2/c12-5-1-7(13)11(8(14)2-5)17-9-3-6(19(20)21)4-10(16-9)18-15/h1-4H,15H2,(H2,16,17,18). The van der Waals surface area contributed by atoms with E-state index in [0.29, 0.717) is 0 Å². The Morgan fingerprint density at radius 3 is 2.29 bits per heavy atom. The van der Waals surface area contributed by atoms with E-state index in [0.717, 1.165) is 24.3 Å². The number of rotatable bonds is 4. The fraction of sp³-hybridized carbons (Fsp3) is 0. The van der Waals surface area contributed by atoms with Crippen molar-refractivity contribution in [2.75, 3.05) is 10.7 Å². The molecule has 1 heterocycles. The Bertz CT molecular complexity index is 690. The summed E-state index contributed by atoms with van der Waals surface area (Å²) in [6.45, 7) is 0. The summed E-state index contributed by atoms with van der Waals surface area (Å²) in [5.41, 5.74) is 1.32. The highest BCUT2D eigenvalue weighted by Crippen LogP contribution is 2.28. The Balaban J connectivity index is 2.44. The van der Waals surface area contributed by atoms with Crippen LogP contribution in [0.5, 0.6) is 0 Å². The molecule has 0 atom stereocenters. The van der Waals surface area contributed by atoms with Crippen molar-refractivity contribution in [2.45, 2.75) is 0 Å². The summed E-state index contributed by atoms with van der Waals surface area (Å²) < 4.78 is 27.6. The molecule has 1 aromatic heterocycles. The fourth-order valence-electron chi connectivity index (χ4n) is 1.55. The SMILES string of the molecule is NNc1cc([N+](=O)[O-])cc(Nc2c(F)cc(Br)cc2F)n1. The molecular weight excluding hydrogens is 352 g/mol. The monoisotopic (exact) mass is 359 g/mol. The molecule has 7 nitrogen and oxygen atoms in total. The largest absolute Gasteiger partial charge is 0.335 e. The average Bonchev–Trinajstić information content (AvgIpc) is 2.42. The van der Waals surface area contributed by atoms with Crippen LogP contribution in [-0.4, -0.2) is 9.91 Å². The number of nitrogens with one attached hydrogen (secondary N) is 2. The number of anilines is 3. The van der Waals surface area contributed by atoms with Crippen LogP contribution in [0, 0.1) is 21.7 Å². The minimum atomic E-state index is -0.877. The van der Waals surface area contributed by atoms with Gasteiger partial charge in [-0.25, -0.2) is 19.6 Å². The molecule has 10 heteroatoms. The number of aromatic nitrogens is 1. The van der Waals surface area contributed by atoms with Crippen molar-refractivity contribution >= 4 is 38.9 Å². The quantitative estimate of drug-likeness (QED) is 0.440. The lowest BCUT2D eigenvalue weighted by Gasteiger charge is -2.10. The van der Waals surface area contributed by atoms with Crippen molar-refractivity contribution < 1.29 is 13.7 Å². The lowest BCUT2D eigenvalue weighted by molar-refractivity contribution is -0.384. The number of nitro groups is 1. The van der Waals surface area contributed by atoms with Gasteiger partial charge in [0.1, 0.15) is 17.3 Å². The highest BCUT2D eigenvalue weighted by molar-refractivity contribution is 9.10. The van der Waals surface area contributed by atoms with Gasteiger partial charge in [0.25, 0.3) is 5.69 Å². The maximum Gasteiger partial charge on any atom is 0.276 e. The number of halogens is 3. The highest BCUT2D eigenvalue weighted by Gasteiger charge is 2.15. The van der Waals surface area contributed by atoms with Gasteiger partial charge in [0.2, 0.25) is 0 Å². The first-order chi connectivity index (χ1) is 9.90. The first-order valence-electron chi connectivity index (χ1n) is 5.45. The molecule has 4 N–H and O–H groups in total. The molecule has 0 saturated carbocycles. The Labute approximate surface area is 125 Å². The number of nitrogen functional groups attached to an aromatic ring is 1. The minimum Gasteiger partial charge on any atom is -0.335 e. The van der Waals surface area contributed by atoms with E-state index in [4.69, 9.17) is 5.84 Å². The summed E-state index contributed by atoms with van der Waals surface area (Å²) in [5.74, 6) is 3.24. The van der Waals surface area contributed by atoms with E-state index < -0.39 is 22.2 Å². The summed E-state index contributed by atoms with van der Waals surface area (Å²) in [6.07, 6.45) is 0. The minimum absolute atomic E-state index is 0.0235. The molecule has 2 aromatic rings. The van der Waals surface area contributed by atoms with Gasteiger partial charge in [-0.1, -0.05) is 15.9 Å². The molecule has 0 aliphatic carbocycles. The fourth-order valence-corrected chi connectivity index (χ4v) is 1.95. The second kappa shape index (κ2) is 5.97. The second-order valence-corrected chi connectivity index (χ2v) is 4.78. The third-order valence-corrected chi connectivity index (χ3v) is 2.89. The van der Waals surface area contributed by atoms with E-state index in [-0.39, 0.29) is 21.8 Å². The topological polar surface area (TPSA) is 106 Å². The summed E-state index contributed by atoms with van der Waals surface area (Å²) in [5, 5.41) is 13.1. The average molecular weight is 360 g/mol. The lowest BCUT2D eigenvalue weighted by atomic mass is 10.3. The summed E-state index contributed by atoms with van der Waals surface area (Å²) >= 11 is 2.95. The van der Waals surface area contributed by atoms with Crippen LogP contribution in [0.25, 0.3) is 0 Å². The maximum atomic E-state index is 13.7. The molecule has 1 aromatic carbocycles. The Hall–Kier alpha value is -2.33. The van der Waals surface area contributed by atoms with E-state index in [1.807, 2.05) is 0 Å². The molecule has 0 spiro atoms. The molecule has 0 aliphatic heterocycles. The molecule has 0 bridgehead atoms. The van der Waals surface area contributed by atoms with Crippen molar-refractivity contribution in [1.29, 1.82) is 0 Å².